The van der Waals surface area contributed by atoms with Crippen LogP contribution in [-0.4, -0.2) is 66.0 Å². The Morgan fingerprint density at radius 2 is 1.96 bits per heavy atom. The van der Waals surface area contributed by atoms with Crippen LogP contribution in [0.3, 0.4) is 0 Å². The maximum Gasteiger partial charge on any atom is 0.237 e. The normalized spacial score (nSPS) is 20.7. The van der Waals surface area contributed by atoms with Gasteiger partial charge < -0.3 is 9.80 Å². The Labute approximate surface area is 150 Å². The summed E-state index contributed by atoms with van der Waals surface area (Å²) >= 11 is 0. The van der Waals surface area contributed by atoms with Gasteiger partial charge in [0.2, 0.25) is 5.91 Å². The average molecular weight is 341 g/mol. The Hall–Kier alpha value is -2.13. The zero-order valence-electron chi connectivity index (χ0n) is 15.0. The monoisotopic (exact) mass is 341 g/mol. The first kappa shape index (κ1) is 17.7. The van der Waals surface area contributed by atoms with Crippen LogP contribution in [0.15, 0.2) is 24.4 Å². The molecule has 1 aromatic rings. The van der Waals surface area contributed by atoms with E-state index in [1.807, 2.05) is 24.4 Å². The highest BCUT2D eigenvalue weighted by Crippen LogP contribution is 2.32. The lowest BCUT2D eigenvalue weighted by molar-refractivity contribution is -0.136. The van der Waals surface area contributed by atoms with E-state index in [2.05, 4.69) is 20.9 Å². The topological polar surface area (TPSA) is 63.5 Å². The number of nitrogens with zero attached hydrogens (tertiary/aromatic N) is 5. The fourth-order valence-corrected chi connectivity index (χ4v) is 3.87. The van der Waals surface area contributed by atoms with Crippen molar-refractivity contribution in [3.8, 4) is 6.07 Å². The lowest BCUT2D eigenvalue weighted by Gasteiger charge is -2.41. The van der Waals surface area contributed by atoms with Gasteiger partial charge in [-0.15, -0.1) is 0 Å². The lowest BCUT2D eigenvalue weighted by Crippen LogP contribution is -2.55. The number of likely N-dealkylation sites (N-methyl/N-ethyl adjacent to an activating group) is 1. The minimum Gasteiger partial charge on any atom is -0.354 e. The summed E-state index contributed by atoms with van der Waals surface area (Å²) in [5.41, 5.74) is -0.592. The molecule has 1 aliphatic heterocycles. The zero-order chi connectivity index (χ0) is 17.7. The number of nitriles is 1. The molecule has 1 saturated carbocycles. The van der Waals surface area contributed by atoms with Gasteiger partial charge in [0.05, 0.1) is 12.6 Å². The summed E-state index contributed by atoms with van der Waals surface area (Å²) in [6.07, 6.45) is 6.66. The molecule has 0 N–H and O–H groups in total. The van der Waals surface area contributed by atoms with Gasteiger partial charge in [-0.05, 0) is 25.0 Å². The molecule has 1 saturated heterocycles. The van der Waals surface area contributed by atoms with E-state index in [9.17, 15) is 10.1 Å². The molecule has 6 heteroatoms. The van der Waals surface area contributed by atoms with Crippen molar-refractivity contribution >= 4 is 11.7 Å². The van der Waals surface area contributed by atoms with Crippen LogP contribution in [0.1, 0.15) is 32.1 Å². The molecule has 3 rings (SSSR count). The Morgan fingerprint density at radius 3 is 2.56 bits per heavy atom. The second-order valence-corrected chi connectivity index (χ2v) is 7.11. The average Bonchev–Trinajstić information content (AvgIpc) is 2.69. The van der Waals surface area contributed by atoms with Gasteiger partial charge in [0.25, 0.3) is 0 Å². The third kappa shape index (κ3) is 3.93. The van der Waals surface area contributed by atoms with Crippen molar-refractivity contribution in [1.82, 2.24) is 14.8 Å². The SMILES string of the molecule is CN(C(=O)CN1CCN(c2ccccn2)CC1)C1(C#N)CCCCC1. The molecule has 134 valence electrons. The number of carbonyl (C=O) groups excluding carboxylic acids is 1. The zero-order valence-corrected chi connectivity index (χ0v) is 15.0. The van der Waals surface area contributed by atoms with E-state index in [1.54, 1.807) is 11.9 Å². The van der Waals surface area contributed by atoms with Crippen LogP contribution in [0.5, 0.6) is 0 Å². The molecule has 0 aromatic carbocycles. The molecule has 1 amide bonds. The van der Waals surface area contributed by atoms with Gasteiger partial charge in [-0.1, -0.05) is 25.3 Å². The van der Waals surface area contributed by atoms with E-state index in [0.717, 1.165) is 57.7 Å². The Morgan fingerprint density at radius 1 is 1.24 bits per heavy atom. The van der Waals surface area contributed by atoms with Crippen LogP contribution < -0.4 is 4.90 Å². The molecular weight excluding hydrogens is 314 g/mol. The lowest BCUT2D eigenvalue weighted by atomic mass is 9.81. The number of anilines is 1. The summed E-state index contributed by atoms with van der Waals surface area (Å²) in [6, 6.07) is 8.38. The van der Waals surface area contributed by atoms with E-state index >= 15 is 0 Å². The Bertz CT molecular complexity index is 612. The minimum atomic E-state index is -0.592. The van der Waals surface area contributed by atoms with Gasteiger partial charge in [-0.3, -0.25) is 9.69 Å². The summed E-state index contributed by atoms with van der Waals surface area (Å²) in [7, 11) is 1.81. The van der Waals surface area contributed by atoms with E-state index < -0.39 is 5.54 Å². The number of piperazine rings is 1. The largest absolute Gasteiger partial charge is 0.354 e. The Balaban J connectivity index is 1.53. The van der Waals surface area contributed by atoms with Crippen LogP contribution in [0.25, 0.3) is 0 Å². The van der Waals surface area contributed by atoms with Gasteiger partial charge in [0.15, 0.2) is 0 Å². The molecule has 1 aliphatic carbocycles. The fraction of sp³-hybridized carbons (Fsp3) is 0.632. The smallest absolute Gasteiger partial charge is 0.237 e. The van der Waals surface area contributed by atoms with Crippen molar-refractivity contribution in [3.05, 3.63) is 24.4 Å². The number of hydrogen-bond acceptors (Lipinski definition) is 5. The van der Waals surface area contributed by atoms with Crippen LogP contribution in [0.4, 0.5) is 5.82 Å². The summed E-state index contributed by atoms with van der Waals surface area (Å²) in [5.74, 6) is 1.06. The predicted molar refractivity (Wildman–Crippen MR) is 97.1 cm³/mol. The first-order valence-corrected chi connectivity index (χ1v) is 9.21. The number of pyridine rings is 1. The van der Waals surface area contributed by atoms with Gasteiger partial charge in [-0.2, -0.15) is 5.26 Å². The quantitative estimate of drug-likeness (QED) is 0.837. The molecule has 2 aliphatic rings. The van der Waals surface area contributed by atoms with Crippen LogP contribution >= 0.6 is 0 Å². The van der Waals surface area contributed by atoms with Crippen molar-refractivity contribution in [2.24, 2.45) is 0 Å². The standard InChI is InChI=1S/C19H27N5O/c1-22(19(16-20)8-4-2-5-9-19)18(25)15-23-11-13-24(14-12-23)17-7-3-6-10-21-17/h3,6-7,10H,2,4-5,8-9,11-15H2,1H3. The summed E-state index contributed by atoms with van der Waals surface area (Å²) in [5, 5.41) is 9.66. The number of rotatable bonds is 4. The van der Waals surface area contributed by atoms with Gasteiger partial charge in [0.1, 0.15) is 11.4 Å². The molecule has 0 atom stereocenters. The molecule has 25 heavy (non-hydrogen) atoms. The van der Waals surface area contributed by atoms with Gasteiger partial charge >= 0.3 is 0 Å². The van der Waals surface area contributed by atoms with E-state index in [-0.39, 0.29) is 5.91 Å². The number of amides is 1. The number of carbonyl (C=O) groups is 1. The van der Waals surface area contributed by atoms with Crippen molar-refractivity contribution in [1.29, 1.82) is 5.26 Å². The second kappa shape index (κ2) is 7.83. The maximum atomic E-state index is 12.7. The first-order valence-electron chi connectivity index (χ1n) is 9.21. The third-order valence-electron chi connectivity index (χ3n) is 5.61. The molecule has 0 spiro atoms. The molecule has 2 fully saturated rings. The van der Waals surface area contributed by atoms with Crippen LogP contribution in [-0.2, 0) is 4.79 Å². The summed E-state index contributed by atoms with van der Waals surface area (Å²) in [6.45, 7) is 3.83. The molecule has 2 heterocycles. The van der Waals surface area contributed by atoms with Crippen LogP contribution in [0, 0.1) is 11.3 Å². The minimum absolute atomic E-state index is 0.0646. The highest BCUT2D eigenvalue weighted by molar-refractivity contribution is 5.79. The van der Waals surface area contributed by atoms with Crippen LogP contribution in [0.2, 0.25) is 0 Å². The highest BCUT2D eigenvalue weighted by atomic mass is 16.2. The molecule has 6 nitrogen and oxygen atoms in total. The maximum absolute atomic E-state index is 12.7. The van der Waals surface area contributed by atoms with E-state index in [4.69, 9.17) is 0 Å². The summed E-state index contributed by atoms with van der Waals surface area (Å²) < 4.78 is 0. The van der Waals surface area contributed by atoms with Gasteiger partial charge in [0, 0.05) is 39.4 Å². The van der Waals surface area contributed by atoms with E-state index in [1.165, 1.54) is 6.42 Å². The van der Waals surface area contributed by atoms with Crippen molar-refractivity contribution in [2.75, 3.05) is 44.7 Å². The predicted octanol–water partition coefficient (Wildman–Crippen LogP) is 1.89. The molecule has 1 aromatic heterocycles. The van der Waals surface area contributed by atoms with Gasteiger partial charge in [-0.25, -0.2) is 4.98 Å². The molecular formula is C19H27N5O. The molecule has 0 unspecified atom stereocenters. The fourth-order valence-electron chi connectivity index (χ4n) is 3.87. The molecule has 0 bridgehead atoms. The van der Waals surface area contributed by atoms with Crippen molar-refractivity contribution in [2.45, 2.75) is 37.6 Å². The third-order valence-corrected chi connectivity index (χ3v) is 5.61. The van der Waals surface area contributed by atoms with E-state index in [0.29, 0.717) is 6.54 Å². The number of aromatic nitrogens is 1. The molecule has 0 radical (unpaired) electrons. The van der Waals surface area contributed by atoms with Crippen molar-refractivity contribution < 1.29 is 4.79 Å². The Kier molecular flexibility index (Phi) is 5.54. The summed E-state index contributed by atoms with van der Waals surface area (Å²) in [4.78, 5) is 23.3. The first-order chi connectivity index (χ1) is 12.1. The number of hydrogen-bond donors (Lipinski definition) is 0. The van der Waals surface area contributed by atoms with Crippen molar-refractivity contribution in [3.63, 3.8) is 0 Å². The second-order valence-electron chi connectivity index (χ2n) is 7.11. The highest BCUT2D eigenvalue weighted by Gasteiger charge is 2.39.